The molecule has 8 nitrogen and oxygen atoms in total. The van der Waals surface area contributed by atoms with Gasteiger partial charge in [0.05, 0.1) is 12.0 Å². The first kappa shape index (κ1) is 15.7. The van der Waals surface area contributed by atoms with Crippen LogP contribution in [0.15, 0.2) is 54.2 Å². The van der Waals surface area contributed by atoms with Crippen LogP contribution in [0.5, 0.6) is 0 Å². The minimum Gasteiger partial charge on any atom is -0.368 e. The number of para-hydroxylation sites is 1. The van der Waals surface area contributed by atoms with Gasteiger partial charge in [0.2, 0.25) is 5.91 Å². The van der Waals surface area contributed by atoms with Crippen molar-refractivity contribution >= 4 is 23.2 Å². The van der Waals surface area contributed by atoms with Crippen molar-refractivity contribution < 1.29 is 9.59 Å². The van der Waals surface area contributed by atoms with Crippen LogP contribution in [0.2, 0.25) is 0 Å². The second-order valence-electron chi connectivity index (χ2n) is 5.41. The third-order valence-corrected chi connectivity index (χ3v) is 3.74. The van der Waals surface area contributed by atoms with Crippen LogP contribution in [0.1, 0.15) is 6.42 Å². The Morgan fingerprint density at radius 2 is 2.08 bits per heavy atom. The molecule has 8 heteroatoms. The lowest BCUT2D eigenvalue weighted by Crippen LogP contribution is -2.40. The molecule has 1 atom stereocenters. The van der Waals surface area contributed by atoms with E-state index in [4.69, 9.17) is 5.73 Å². The lowest BCUT2D eigenvalue weighted by molar-refractivity contribution is -0.119. The predicted molar refractivity (Wildman–Crippen MR) is 89.2 cm³/mol. The molecule has 2 aromatic rings. The smallest absolute Gasteiger partial charge is 0.267 e. The van der Waals surface area contributed by atoms with Crippen molar-refractivity contribution in [1.29, 1.82) is 0 Å². The highest BCUT2D eigenvalue weighted by Crippen LogP contribution is 2.24. The average Bonchev–Trinajstić information content (AvgIpc) is 3.25. The van der Waals surface area contributed by atoms with Gasteiger partial charge >= 0.3 is 0 Å². The molecule has 0 radical (unpaired) electrons. The number of amides is 2. The van der Waals surface area contributed by atoms with E-state index in [-0.39, 0.29) is 12.3 Å². The number of aromatic nitrogens is 2. The Hall–Kier alpha value is -3.16. The molecule has 2 heterocycles. The highest BCUT2D eigenvalue weighted by molar-refractivity contribution is 6.40. The van der Waals surface area contributed by atoms with E-state index in [0.717, 1.165) is 5.69 Å². The molecule has 1 aliphatic heterocycles. The molecular formula is C16H18N6O2. The quantitative estimate of drug-likeness (QED) is 0.786. The number of nitrogens with one attached hydrogen (secondary N) is 1. The van der Waals surface area contributed by atoms with E-state index in [1.54, 1.807) is 12.5 Å². The average molecular weight is 326 g/mol. The third-order valence-electron chi connectivity index (χ3n) is 3.74. The van der Waals surface area contributed by atoms with Crippen molar-refractivity contribution in [2.45, 2.75) is 19.0 Å². The maximum absolute atomic E-state index is 12.3. The second-order valence-corrected chi connectivity index (χ2v) is 5.41. The third kappa shape index (κ3) is 3.43. The second kappa shape index (κ2) is 6.95. The standard InChI is InChI=1S/C16H18N6O2/c17-15(23)14-10-13(20-22(14)12-4-2-1-3-5-12)16(24)19-7-9-21-8-6-18-11-21/h1-6,8,11,14H,7,9-10H2,(H2,17,23)(H,19,24)/t14-/m0/s1. The number of nitrogens with zero attached hydrogens (tertiary/aromatic N) is 4. The van der Waals surface area contributed by atoms with E-state index in [2.05, 4.69) is 15.4 Å². The number of carbonyl (C=O) groups excluding carboxylic acids is 2. The van der Waals surface area contributed by atoms with E-state index in [9.17, 15) is 9.59 Å². The number of anilines is 1. The maximum Gasteiger partial charge on any atom is 0.267 e. The zero-order valence-electron chi connectivity index (χ0n) is 13.0. The zero-order valence-corrected chi connectivity index (χ0v) is 13.0. The Morgan fingerprint density at radius 1 is 1.29 bits per heavy atom. The van der Waals surface area contributed by atoms with Gasteiger partial charge in [-0.2, -0.15) is 5.10 Å². The Morgan fingerprint density at radius 3 is 2.75 bits per heavy atom. The Balaban J connectivity index is 1.66. The first-order valence-electron chi connectivity index (χ1n) is 7.60. The lowest BCUT2D eigenvalue weighted by Gasteiger charge is -2.20. The first-order valence-corrected chi connectivity index (χ1v) is 7.60. The number of hydrazone groups is 1. The molecule has 1 aromatic carbocycles. The van der Waals surface area contributed by atoms with Crippen LogP contribution in [0.3, 0.4) is 0 Å². The summed E-state index contributed by atoms with van der Waals surface area (Å²) in [4.78, 5) is 27.9. The van der Waals surface area contributed by atoms with Crippen LogP contribution in [-0.2, 0) is 16.1 Å². The highest BCUT2D eigenvalue weighted by atomic mass is 16.2. The minimum atomic E-state index is -0.651. The van der Waals surface area contributed by atoms with Crippen molar-refractivity contribution in [1.82, 2.24) is 14.9 Å². The number of primary amides is 1. The molecule has 0 spiro atoms. The molecule has 0 unspecified atom stereocenters. The van der Waals surface area contributed by atoms with Gasteiger partial charge in [0, 0.05) is 31.9 Å². The monoisotopic (exact) mass is 326 g/mol. The molecule has 124 valence electrons. The molecule has 0 bridgehead atoms. The molecule has 0 aliphatic carbocycles. The summed E-state index contributed by atoms with van der Waals surface area (Å²) in [6.45, 7) is 1.06. The summed E-state index contributed by atoms with van der Waals surface area (Å²) in [6, 6.07) is 8.53. The molecule has 0 saturated carbocycles. The van der Waals surface area contributed by atoms with Crippen molar-refractivity contribution in [2.75, 3.05) is 11.6 Å². The van der Waals surface area contributed by atoms with Gasteiger partial charge in [-0.25, -0.2) is 4.98 Å². The molecule has 2 amide bonds. The van der Waals surface area contributed by atoms with Gasteiger partial charge in [0.15, 0.2) is 0 Å². The summed E-state index contributed by atoms with van der Waals surface area (Å²) in [5.74, 6) is -0.802. The number of imidazole rings is 1. The van der Waals surface area contributed by atoms with Crippen molar-refractivity contribution in [3.63, 3.8) is 0 Å². The van der Waals surface area contributed by atoms with Crippen molar-refractivity contribution in [3.8, 4) is 0 Å². The van der Waals surface area contributed by atoms with Gasteiger partial charge in [-0.3, -0.25) is 14.6 Å². The summed E-state index contributed by atoms with van der Waals surface area (Å²) >= 11 is 0. The fourth-order valence-electron chi connectivity index (χ4n) is 2.51. The molecule has 24 heavy (non-hydrogen) atoms. The number of hydrogen-bond donors (Lipinski definition) is 2. The van der Waals surface area contributed by atoms with Gasteiger partial charge in [-0.15, -0.1) is 0 Å². The zero-order chi connectivity index (χ0) is 16.9. The van der Waals surface area contributed by atoms with Crippen LogP contribution in [0.25, 0.3) is 0 Å². The topological polar surface area (TPSA) is 106 Å². The summed E-state index contributed by atoms with van der Waals surface area (Å²) in [7, 11) is 0. The van der Waals surface area contributed by atoms with Crippen molar-refractivity contribution in [2.24, 2.45) is 10.8 Å². The molecular weight excluding hydrogens is 308 g/mol. The van der Waals surface area contributed by atoms with Crippen LogP contribution < -0.4 is 16.1 Å². The van der Waals surface area contributed by atoms with E-state index in [0.29, 0.717) is 18.8 Å². The predicted octanol–water partition coefficient (Wildman–Crippen LogP) is 0.120. The summed E-state index contributed by atoms with van der Waals surface area (Å²) in [6.07, 6.45) is 5.37. The van der Waals surface area contributed by atoms with Gasteiger partial charge < -0.3 is 15.6 Å². The normalized spacial score (nSPS) is 16.8. The fourth-order valence-corrected chi connectivity index (χ4v) is 2.51. The van der Waals surface area contributed by atoms with E-state index >= 15 is 0 Å². The Labute approximate surface area is 139 Å². The number of rotatable bonds is 6. The van der Waals surface area contributed by atoms with E-state index in [1.807, 2.05) is 41.1 Å². The number of nitrogens with two attached hydrogens (primary N) is 1. The van der Waals surface area contributed by atoms with Gasteiger partial charge in [0.1, 0.15) is 11.8 Å². The van der Waals surface area contributed by atoms with Gasteiger partial charge in [0.25, 0.3) is 5.91 Å². The number of carbonyl (C=O) groups is 2. The summed E-state index contributed by atoms with van der Waals surface area (Å²) < 4.78 is 1.86. The molecule has 1 aromatic heterocycles. The lowest BCUT2D eigenvalue weighted by atomic mass is 10.1. The van der Waals surface area contributed by atoms with Crippen molar-refractivity contribution in [3.05, 3.63) is 49.1 Å². The van der Waals surface area contributed by atoms with Gasteiger partial charge in [-0.05, 0) is 12.1 Å². The minimum absolute atomic E-state index is 0.196. The number of benzene rings is 1. The molecule has 3 N–H and O–H groups in total. The molecule has 0 saturated heterocycles. The van der Waals surface area contributed by atoms with E-state index < -0.39 is 11.9 Å². The molecule has 0 fully saturated rings. The van der Waals surface area contributed by atoms with Gasteiger partial charge in [-0.1, -0.05) is 18.2 Å². The first-order chi connectivity index (χ1) is 11.6. The summed E-state index contributed by atoms with van der Waals surface area (Å²) in [5.41, 5.74) is 6.48. The largest absolute Gasteiger partial charge is 0.368 e. The molecule has 3 rings (SSSR count). The molecule has 1 aliphatic rings. The maximum atomic E-state index is 12.3. The van der Waals surface area contributed by atoms with Crippen LogP contribution >= 0.6 is 0 Å². The summed E-state index contributed by atoms with van der Waals surface area (Å²) in [5, 5.41) is 8.60. The van der Waals surface area contributed by atoms with Crippen LogP contribution in [0.4, 0.5) is 5.69 Å². The van der Waals surface area contributed by atoms with Crippen LogP contribution in [-0.4, -0.2) is 39.7 Å². The Bertz CT molecular complexity index is 741. The highest BCUT2D eigenvalue weighted by Gasteiger charge is 2.34. The SMILES string of the molecule is NC(=O)[C@@H]1CC(C(=O)NCCn2ccnc2)=NN1c1ccccc1. The van der Waals surface area contributed by atoms with Crippen LogP contribution in [0, 0.1) is 0 Å². The fraction of sp³-hybridized carbons (Fsp3) is 0.250. The Kier molecular flexibility index (Phi) is 4.55. The van der Waals surface area contributed by atoms with E-state index in [1.165, 1.54) is 5.01 Å². The number of hydrogen-bond acceptors (Lipinski definition) is 5.